The summed E-state index contributed by atoms with van der Waals surface area (Å²) >= 11 is 0. The normalized spacial score (nSPS) is 10.5. The summed E-state index contributed by atoms with van der Waals surface area (Å²) in [5.74, 6) is -0.536. The minimum atomic E-state index is -0.622. The lowest BCUT2D eigenvalue weighted by Crippen LogP contribution is -2.37. The lowest BCUT2D eigenvalue weighted by molar-refractivity contribution is -0.384. The molecule has 9 heteroatoms. The predicted molar refractivity (Wildman–Crippen MR) is 69.3 cm³/mol. The number of hydrogen-bond acceptors (Lipinski definition) is 7. The predicted octanol–water partition coefficient (Wildman–Crippen LogP) is -0.0853. The lowest BCUT2D eigenvalue weighted by atomic mass is 10.2. The van der Waals surface area contributed by atoms with Crippen molar-refractivity contribution in [1.82, 2.24) is 9.97 Å². The SMILES string of the molecule is CC(C)CN(CC(N)=O)c1nc(N)ncc1[N+](=O)[O-]. The van der Waals surface area contributed by atoms with Crippen LogP contribution in [0, 0.1) is 16.0 Å². The topological polar surface area (TPSA) is 141 Å². The Morgan fingerprint density at radius 3 is 2.68 bits per heavy atom. The van der Waals surface area contributed by atoms with E-state index in [0.717, 1.165) is 6.20 Å². The Morgan fingerprint density at radius 1 is 1.58 bits per heavy atom. The van der Waals surface area contributed by atoms with E-state index in [4.69, 9.17) is 11.5 Å². The van der Waals surface area contributed by atoms with Gasteiger partial charge in [-0.3, -0.25) is 14.9 Å². The van der Waals surface area contributed by atoms with Gasteiger partial charge in [0.2, 0.25) is 17.7 Å². The van der Waals surface area contributed by atoms with Crippen LogP contribution in [-0.4, -0.2) is 33.9 Å². The summed E-state index contributed by atoms with van der Waals surface area (Å²) in [7, 11) is 0. The summed E-state index contributed by atoms with van der Waals surface area (Å²) in [6.45, 7) is 4.03. The lowest BCUT2D eigenvalue weighted by Gasteiger charge is -2.23. The second-order valence-corrected chi connectivity index (χ2v) is 4.43. The number of carbonyl (C=O) groups is 1. The van der Waals surface area contributed by atoms with Gasteiger partial charge in [0.1, 0.15) is 6.20 Å². The van der Waals surface area contributed by atoms with Crippen LogP contribution in [0.1, 0.15) is 13.8 Å². The smallest absolute Gasteiger partial charge is 0.329 e. The van der Waals surface area contributed by atoms with Gasteiger partial charge in [-0.25, -0.2) is 4.98 Å². The highest BCUT2D eigenvalue weighted by Gasteiger charge is 2.24. The molecule has 19 heavy (non-hydrogen) atoms. The molecule has 0 spiro atoms. The van der Waals surface area contributed by atoms with Crippen molar-refractivity contribution in [2.24, 2.45) is 11.7 Å². The summed E-state index contributed by atoms with van der Waals surface area (Å²) in [6, 6.07) is 0. The van der Waals surface area contributed by atoms with Crippen LogP contribution in [0.25, 0.3) is 0 Å². The molecule has 1 amide bonds. The molecule has 0 bridgehead atoms. The van der Waals surface area contributed by atoms with Crippen molar-refractivity contribution in [2.45, 2.75) is 13.8 Å². The minimum Gasteiger partial charge on any atom is -0.368 e. The second kappa shape index (κ2) is 5.94. The van der Waals surface area contributed by atoms with Crippen LogP contribution in [-0.2, 0) is 4.79 Å². The van der Waals surface area contributed by atoms with E-state index in [1.807, 2.05) is 13.8 Å². The Kier molecular flexibility index (Phi) is 4.56. The molecular formula is C10H16N6O3. The van der Waals surface area contributed by atoms with E-state index in [-0.39, 0.29) is 29.9 Å². The van der Waals surface area contributed by atoms with Gasteiger partial charge in [-0.05, 0) is 5.92 Å². The second-order valence-electron chi connectivity index (χ2n) is 4.43. The first-order valence-electron chi connectivity index (χ1n) is 5.61. The molecule has 1 aromatic rings. The molecule has 4 N–H and O–H groups in total. The summed E-state index contributed by atoms with van der Waals surface area (Å²) in [5.41, 5.74) is 10.3. The fourth-order valence-corrected chi connectivity index (χ4v) is 1.60. The molecule has 1 rings (SSSR count). The molecule has 0 aromatic carbocycles. The van der Waals surface area contributed by atoms with Crippen LogP contribution < -0.4 is 16.4 Å². The highest BCUT2D eigenvalue weighted by atomic mass is 16.6. The van der Waals surface area contributed by atoms with E-state index >= 15 is 0 Å². The van der Waals surface area contributed by atoms with Gasteiger partial charge in [0.25, 0.3) is 0 Å². The number of primary amides is 1. The standard InChI is InChI=1S/C10H16N6O3/c1-6(2)4-15(5-8(11)17)9-7(16(18)19)3-13-10(12)14-9/h3,6H,4-5H2,1-2H3,(H2,11,17)(H2,12,13,14). The van der Waals surface area contributed by atoms with Crippen LogP contribution in [0.15, 0.2) is 6.20 Å². The number of nitrogens with two attached hydrogens (primary N) is 2. The number of carbonyl (C=O) groups excluding carboxylic acids is 1. The van der Waals surface area contributed by atoms with Gasteiger partial charge in [-0.15, -0.1) is 0 Å². The van der Waals surface area contributed by atoms with Crippen molar-refractivity contribution in [3.63, 3.8) is 0 Å². The zero-order chi connectivity index (χ0) is 14.6. The fraction of sp³-hybridized carbons (Fsp3) is 0.500. The number of nitrogen functional groups attached to an aromatic ring is 1. The molecular weight excluding hydrogens is 252 g/mol. The minimum absolute atomic E-state index is 0.00463. The van der Waals surface area contributed by atoms with E-state index in [9.17, 15) is 14.9 Å². The van der Waals surface area contributed by atoms with Gasteiger partial charge in [-0.2, -0.15) is 4.98 Å². The molecule has 0 atom stereocenters. The number of aromatic nitrogens is 2. The van der Waals surface area contributed by atoms with Crippen molar-refractivity contribution in [1.29, 1.82) is 0 Å². The van der Waals surface area contributed by atoms with E-state index < -0.39 is 10.8 Å². The molecule has 0 aliphatic carbocycles. The summed E-state index contributed by atoms with van der Waals surface area (Å²) in [4.78, 5) is 30.3. The van der Waals surface area contributed by atoms with Crippen molar-refractivity contribution in [3.05, 3.63) is 16.3 Å². The van der Waals surface area contributed by atoms with Crippen molar-refractivity contribution >= 4 is 23.4 Å². The van der Waals surface area contributed by atoms with Gasteiger partial charge >= 0.3 is 5.69 Å². The highest BCUT2D eigenvalue weighted by molar-refractivity contribution is 5.80. The van der Waals surface area contributed by atoms with Crippen LogP contribution in [0.4, 0.5) is 17.5 Å². The molecule has 1 heterocycles. The molecule has 0 unspecified atom stereocenters. The largest absolute Gasteiger partial charge is 0.368 e. The van der Waals surface area contributed by atoms with Crippen LogP contribution in [0.5, 0.6) is 0 Å². The Hall–Kier alpha value is -2.45. The van der Waals surface area contributed by atoms with E-state index in [0.29, 0.717) is 6.54 Å². The number of anilines is 2. The zero-order valence-corrected chi connectivity index (χ0v) is 10.7. The van der Waals surface area contributed by atoms with Gasteiger partial charge < -0.3 is 16.4 Å². The third-order valence-electron chi connectivity index (χ3n) is 2.20. The quantitative estimate of drug-likeness (QED) is 0.542. The number of rotatable bonds is 6. The van der Waals surface area contributed by atoms with Crippen LogP contribution >= 0.6 is 0 Å². The maximum atomic E-state index is 11.1. The molecule has 9 nitrogen and oxygen atoms in total. The summed E-state index contributed by atoms with van der Waals surface area (Å²) in [5, 5.41) is 11.0. The first-order valence-corrected chi connectivity index (χ1v) is 5.61. The summed E-state index contributed by atoms with van der Waals surface area (Å²) < 4.78 is 0. The molecule has 104 valence electrons. The van der Waals surface area contributed by atoms with Gasteiger partial charge in [0.15, 0.2) is 0 Å². The molecule has 0 fully saturated rings. The Balaban J connectivity index is 3.22. The summed E-state index contributed by atoms with van der Waals surface area (Å²) in [6.07, 6.45) is 1.02. The molecule has 0 saturated heterocycles. The van der Waals surface area contributed by atoms with E-state index in [2.05, 4.69) is 9.97 Å². The first kappa shape index (κ1) is 14.6. The number of nitrogens with zero attached hydrogens (tertiary/aromatic N) is 4. The zero-order valence-electron chi connectivity index (χ0n) is 10.7. The third kappa shape index (κ3) is 4.05. The number of hydrogen-bond donors (Lipinski definition) is 2. The fourth-order valence-electron chi connectivity index (χ4n) is 1.60. The highest BCUT2D eigenvalue weighted by Crippen LogP contribution is 2.25. The van der Waals surface area contributed by atoms with E-state index in [1.54, 1.807) is 0 Å². The number of nitro groups is 1. The van der Waals surface area contributed by atoms with Crippen molar-refractivity contribution < 1.29 is 9.72 Å². The Bertz CT molecular complexity index is 490. The van der Waals surface area contributed by atoms with Crippen molar-refractivity contribution in [2.75, 3.05) is 23.7 Å². The first-order chi connectivity index (χ1) is 8.81. The Morgan fingerprint density at radius 2 is 2.21 bits per heavy atom. The maximum absolute atomic E-state index is 11.1. The average Bonchev–Trinajstić information content (AvgIpc) is 2.26. The Labute approximate surface area is 109 Å². The molecule has 1 aromatic heterocycles. The third-order valence-corrected chi connectivity index (χ3v) is 2.20. The average molecular weight is 268 g/mol. The van der Waals surface area contributed by atoms with Gasteiger partial charge in [0.05, 0.1) is 11.5 Å². The van der Waals surface area contributed by atoms with E-state index in [1.165, 1.54) is 4.90 Å². The maximum Gasteiger partial charge on any atom is 0.329 e. The monoisotopic (exact) mass is 268 g/mol. The molecule has 0 aliphatic heterocycles. The van der Waals surface area contributed by atoms with Crippen molar-refractivity contribution in [3.8, 4) is 0 Å². The molecule has 0 aliphatic rings. The van der Waals surface area contributed by atoms with Crippen LogP contribution in [0.3, 0.4) is 0 Å². The molecule has 0 radical (unpaired) electrons. The van der Waals surface area contributed by atoms with Gasteiger partial charge in [0, 0.05) is 6.54 Å². The van der Waals surface area contributed by atoms with Gasteiger partial charge in [-0.1, -0.05) is 13.8 Å². The number of amides is 1. The molecule has 0 saturated carbocycles. The van der Waals surface area contributed by atoms with Crippen LogP contribution in [0.2, 0.25) is 0 Å².